The van der Waals surface area contributed by atoms with Crippen LogP contribution >= 0.6 is 0 Å². The quantitative estimate of drug-likeness (QED) is 0.604. The van der Waals surface area contributed by atoms with Gasteiger partial charge in [-0.3, -0.25) is 9.59 Å². The first-order chi connectivity index (χ1) is 15.6. The number of fused-ring (bicyclic) bond motifs is 5. The molecule has 3 fully saturated rings. The van der Waals surface area contributed by atoms with Gasteiger partial charge in [-0.05, 0) is 104 Å². The van der Waals surface area contributed by atoms with E-state index in [1.54, 1.807) is 13.0 Å². The monoisotopic (exact) mass is 448 g/mol. The minimum atomic E-state index is -0.909. The van der Waals surface area contributed by atoms with E-state index in [2.05, 4.69) is 13.8 Å². The molecule has 1 aromatic rings. The molecule has 0 saturated heterocycles. The molecule has 0 spiro atoms. The van der Waals surface area contributed by atoms with Crippen molar-refractivity contribution in [1.82, 2.24) is 0 Å². The largest absolute Gasteiger partial charge is 0.478 e. The Morgan fingerprint density at radius 3 is 2.52 bits per heavy atom. The van der Waals surface area contributed by atoms with Crippen LogP contribution in [0.5, 0.6) is 0 Å². The molecular weight excluding hydrogens is 412 g/mol. The highest BCUT2D eigenvalue weighted by atomic mass is 16.4. The summed E-state index contributed by atoms with van der Waals surface area (Å²) in [7, 11) is 0. The Kier molecular flexibility index (Phi) is 5.23. The predicted octanol–water partition coefficient (Wildman–Crippen LogP) is 6.12. The maximum atomic E-state index is 12.9. The first kappa shape index (κ1) is 22.6. The van der Waals surface area contributed by atoms with E-state index in [9.17, 15) is 19.5 Å². The van der Waals surface area contributed by atoms with Crippen LogP contribution in [-0.2, 0) is 9.59 Å². The van der Waals surface area contributed by atoms with E-state index in [0.29, 0.717) is 35.5 Å². The van der Waals surface area contributed by atoms with Crippen molar-refractivity contribution in [3.63, 3.8) is 0 Å². The van der Waals surface area contributed by atoms with Crippen molar-refractivity contribution in [3.05, 3.63) is 46.5 Å². The summed E-state index contributed by atoms with van der Waals surface area (Å²) in [6.07, 6.45) is 8.71. The number of carboxylic acid groups (broad SMARTS) is 1. The number of Topliss-reactive ketones (excluding diaryl/α,β-unsaturated/α-hetero) is 1. The average molecular weight is 449 g/mol. The number of carboxylic acids is 1. The van der Waals surface area contributed by atoms with E-state index < -0.39 is 5.97 Å². The lowest BCUT2D eigenvalue weighted by molar-refractivity contribution is -0.129. The summed E-state index contributed by atoms with van der Waals surface area (Å²) < 4.78 is 0. The summed E-state index contributed by atoms with van der Waals surface area (Å²) in [5.41, 5.74) is 3.39. The number of benzene rings is 1. The van der Waals surface area contributed by atoms with Gasteiger partial charge in [-0.25, -0.2) is 4.79 Å². The van der Waals surface area contributed by atoms with Crippen molar-refractivity contribution in [2.75, 3.05) is 0 Å². The number of aromatic carboxylic acids is 1. The van der Waals surface area contributed by atoms with Gasteiger partial charge in [0.15, 0.2) is 5.78 Å². The molecule has 0 heterocycles. The Bertz CT molecular complexity index is 1070. The summed E-state index contributed by atoms with van der Waals surface area (Å²) in [5.74, 6) is 1.40. The zero-order valence-corrected chi connectivity index (χ0v) is 20.3. The normalized spacial score (nSPS) is 39.8. The first-order valence-electron chi connectivity index (χ1n) is 12.7. The highest BCUT2D eigenvalue weighted by Crippen LogP contribution is 2.68. The summed E-state index contributed by atoms with van der Waals surface area (Å²) in [6, 6.07) is 5.55. The molecule has 176 valence electrons. The van der Waals surface area contributed by atoms with Crippen LogP contribution in [0, 0.1) is 41.4 Å². The highest BCUT2D eigenvalue weighted by molar-refractivity contribution is 5.93. The molecule has 1 unspecified atom stereocenters. The molecule has 0 amide bonds. The fraction of sp³-hybridized carbons (Fsp3) is 0.621. The number of allylic oxidation sites excluding steroid dienone is 1. The van der Waals surface area contributed by atoms with Crippen molar-refractivity contribution < 1.29 is 19.5 Å². The summed E-state index contributed by atoms with van der Waals surface area (Å²) >= 11 is 0. The Hall–Kier alpha value is -2.23. The summed E-state index contributed by atoms with van der Waals surface area (Å²) in [4.78, 5) is 37.2. The van der Waals surface area contributed by atoms with Crippen LogP contribution in [-0.4, -0.2) is 22.6 Å². The molecule has 4 aliphatic carbocycles. The molecule has 4 nitrogen and oxygen atoms in total. The molecule has 0 bridgehead atoms. The van der Waals surface area contributed by atoms with Gasteiger partial charge in [-0.2, -0.15) is 0 Å². The minimum Gasteiger partial charge on any atom is -0.478 e. The smallest absolute Gasteiger partial charge is 0.335 e. The third-order valence-electron chi connectivity index (χ3n) is 10.6. The van der Waals surface area contributed by atoms with Crippen molar-refractivity contribution in [2.24, 2.45) is 34.5 Å². The molecule has 0 aromatic heterocycles. The maximum absolute atomic E-state index is 12.9. The number of carbonyl (C=O) groups excluding carboxylic acids is 2. The Labute approximate surface area is 196 Å². The standard InChI is InChI=1S/C29H36O4/c1-16-20(6-5-7-21(16)27(32)33)26-15-19(31)14-18-8-9-22-24-11-10-23(17(2)30)28(24,3)13-12-25(22)29(18,26)4/h5-7,14,22-26H,8-13,15H2,1-4H3,(H,32,33)/t22-,23+,24-,25-,26?,28+,29+/m0/s1. The van der Waals surface area contributed by atoms with Gasteiger partial charge in [-0.15, -0.1) is 0 Å². The van der Waals surface area contributed by atoms with Gasteiger partial charge in [0.05, 0.1) is 5.56 Å². The third kappa shape index (κ3) is 3.12. The van der Waals surface area contributed by atoms with Gasteiger partial charge in [0.2, 0.25) is 0 Å². The lowest BCUT2D eigenvalue weighted by Crippen LogP contribution is -2.53. The number of ketones is 2. The second kappa shape index (κ2) is 7.65. The van der Waals surface area contributed by atoms with Crippen molar-refractivity contribution >= 4 is 17.5 Å². The molecule has 33 heavy (non-hydrogen) atoms. The Morgan fingerprint density at radius 2 is 1.82 bits per heavy atom. The van der Waals surface area contributed by atoms with Crippen molar-refractivity contribution in [2.45, 2.75) is 78.6 Å². The summed E-state index contributed by atoms with van der Waals surface area (Å²) in [5, 5.41) is 9.72. The zero-order chi connectivity index (χ0) is 23.7. The van der Waals surface area contributed by atoms with Gasteiger partial charge in [0.1, 0.15) is 5.78 Å². The van der Waals surface area contributed by atoms with Gasteiger partial charge in [0, 0.05) is 18.3 Å². The van der Waals surface area contributed by atoms with Crippen LogP contribution in [0.15, 0.2) is 29.8 Å². The molecule has 5 rings (SSSR count). The zero-order valence-electron chi connectivity index (χ0n) is 20.3. The second-order valence-corrected chi connectivity index (χ2v) is 11.7. The van der Waals surface area contributed by atoms with Crippen LogP contribution in [0.1, 0.15) is 93.1 Å². The fourth-order valence-corrected chi connectivity index (χ4v) is 9.00. The van der Waals surface area contributed by atoms with Crippen LogP contribution < -0.4 is 0 Å². The Morgan fingerprint density at radius 1 is 1.06 bits per heavy atom. The van der Waals surface area contributed by atoms with E-state index in [0.717, 1.165) is 49.7 Å². The number of carbonyl (C=O) groups is 3. The number of hydrogen-bond acceptors (Lipinski definition) is 3. The van der Waals surface area contributed by atoms with Crippen LogP contribution in [0.4, 0.5) is 0 Å². The van der Waals surface area contributed by atoms with E-state index >= 15 is 0 Å². The fourth-order valence-electron chi connectivity index (χ4n) is 9.00. The Balaban J connectivity index is 1.59. The minimum absolute atomic E-state index is 0.00598. The third-order valence-corrected chi connectivity index (χ3v) is 10.6. The molecule has 1 aromatic carbocycles. The molecule has 1 N–H and O–H groups in total. The first-order valence-corrected chi connectivity index (χ1v) is 12.7. The van der Waals surface area contributed by atoms with E-state index in [4.69, 9.17) is 0 Å². The van der Waals surface area contributed by atoms with Gasteiger partial charge >= 0.3 is 5.97 Å². The van der Waals surface area contributed by atoms with E-state index in [-0.39, 0.29) is 28.4 Å². The van der Waals surface area contributed by atoms with Crippen LogP contribution in [0.25, 0.3) is 0 Å². The molecule has 0 aliphatic heterocycles. The summed E-state index contributed by atoms with van der Waals surface area (Å²) in [6.45, 7) is 8.40. The SMILES string of the molecule is CC(=O)[C@H]1CC[C@H]2[C@@H]3CCC4=CC(=O)CC(c5cccc(C(=O)O)c5C)[C@@]4(C)[C@H]3CC[C@]12C. The number of rotatable bonds is 3. The molecule has 7 atom stereocenters. The highest BCUT2D eigenvalue weighted by Gasteiger charge is 2.61. The van der Waals surface area contributed by atoms with Gasteiger partial charge in [-0.1, -0.05) is 31.6 Å². The molecule has 3 saturated carbocycles. The lowest BCUT2D eigenvalue weighted by atomic mass is 9.44. The predicted molar refractivity (Wildman–Crippen MR) is 127 cm³/mol. The maximum Gasteiger partial charge on any atom is 0.335 e. The van der Waals surface area contributed by atoms with Crippen molar-refractivity contribution in [1.29, 1.82) is 0 Å². The van der Waals surface area contributed by atoms with Crippen molar-refractivity contribution in [3.8, 4) is 0 Å². The topological polar surface area (TPSA) is 71.4 Å². The van der Waals surface area contributed by atoms with E-state index in [1.807, 2.05) is 25.1 Å². The molecular formula is C29H36O4. The average Bonchev–Trinajstić information content (AvgIpc) is 3.11. The van der Waals surface area contributed by atoms with E-state index in [1.165, 1.54) is 5.57 Å². The molecule has 4 aliphatic rings. The number of hydrogen-bond donors (Lipinski definition) is 1. The second-order valence-electron chi connectivity index (χ2n) is 11.7. The van der Waals surface area contributed by atoms with Gasteiger partial charge in [0.25, 0.3) is 0 Å². The van der Waals surface area contributed by atoms with Crippen LogP contribution in [0.3, 0.4) is 0 Å². The van der Waals surface area contributed by atoms with Gasteiger partial charge < -0.3 is 5.11 Å². The molecule has 0 radical (unpaired) electrons. The lowest BCUT2D eigenvalue weighted by Gasteiger charge is -2.60. The molecule has 4 heteroatoms. The van der Waals surface area contributed by atoms with Crippen LogP contribution in [0.2, 0.25) is 0 Å².